The van der Waals surface area contributed by atoms with E-state index >= 15 is 0 Å². The maximum atomic E-state index is 10.7. The molecule has 0 amide bonds. The van der Waals surface area contributed by atoms with E-state index in [9.17, 15) is 10.1 Å². The largest absolute Gasteiger partial charge is 0.298 e. The van der Waals surface area contributed by atoms with Gasteiger partial charge in [-0.05, 0) is 32.0 Å². The van der Waals surface area contributed by atoms with Gasteiger partial charge in [0, 0.05) is 43.7 Å². The molecular formula is C17H22N4O2S. The molecule has 1 saturated heterocycles. The van der Waals surface area contributed by atoms with Crippen LogP contribution in [0.25, 0.3) is 0 Å². The molecular weight excluding hydrogens is 324 g/mol. The van der Waals surface area contributed by atoms with E-state index < -0.39 is 0 Å². The molecule has 2 heterocycles. The minimum Gasteiger partial charge on any atom is -0.298 e. The third-order valence-electron chi connectivity index (χ3n) is 4.29. The molecule has 0 saturated carbocycles. The summed E-state index contributed by atoms with van der Waals surface area (Å²) in [6, 6.07) is 6.89. The number of nitro benzene ring substituents is 1. The summed E-state index contributed by atoms with van der Waals surface area (Å²) in [6.45, 7) is 8.01. The van der Waals surface area contributed by atoms with Crippen molar-refractivity contribution < 1.29 is 4.92 Å². The van der Waals surface area contributed by atoms with Crippen molar-refractivity contribution in [3.8, 4) is 0 Å². The molecule has 1 aliphatic rings. The number of aromatic nitrogens is 1. The maximum absolute atomic E-state index is 10.7. The number of benzene rings is 1. The summed E-state index contributed by atoms with van der Waals surface area (Å²) in [5.74, 6) is 0. The molecule has 7 heteroatoms. The molecule has 1 aromatic heterocycles. The van der Waals surface area contributed by atoms with E-state index in [4.69, 9.17) is 0 Å². The van der Waals surface area contributed by atoms with Crippen LogP contribution in [0.1, 0.15) is 22.7 Å². The van der Waals surface area contributed by atoms with Crippen molar-refractivity contribution in [3.05, 3.63) is 56.0 Å². The predicted molar refractivity (Wildman–Crippen MR) is 95.1 cm³/mol. The van der Waals surface area contributed by atoms with Crippen molar-refractivity contribution in [2.45, 2.75) is 26.4 Å². The van der Waals surface area contributed by atoms with Crippen LogP contribution in [0.3, 0.4) is 0 Å². The van der Waals surface area contributed by atoms with Gasteiger partial charge in [0.15, 0.2) is 0 Å². The minimum atomic E-state index is -0.353. The highest BCUT2D eigenvalue weighted by Crippen LogP contribution is 2.16. The Labute approximate surface area is 145 Å². The lowest BCUT2D eigenvalue weighted by Gasteiger charge is -2.21. The number of aryl methyl sites for hydroxylation is 1. The van der Waals surface area contributed by atoms with Crippen molar-refractivity contribution in [2.24, 2.45) is 0 Å². The molecule has 1 aliphatic heterocycles. The summed E-state index contributed by atoms with van der Waals surface area (Å²) in [4.78, 5) is 19.8. The van der Waals surface area contributed by atoms with Gasteiger partial charge in [0.1, 0.15) is 0 Å². The SMILES string of the molecule is Cc1nc(CN2CCCN(Cc3ccc([N+](=O)[O-])cc3)CC2)cs1. The number of thiazole rings is 1. The highest BCUT2D eigenvalue weighted by Gasteiger charge is 2.16. The van der Waals surface area contributed by atoms with E-state index in [1.807, 2.05) is 19.1 Å². The zero-order valence-corrected chi connectivity index (χ0v) is 14.7. The van der Waals surface area contributed by atoms with Crippen LogP contribution < -0.4 is 0 Å². The second-order valence-corrected chi connectivity index (χ2v) is 7.25. The summed E-state index contributed by atoms with van der Waals surface area (Å²) >= 11 is 1.71. The summed E-state index contributed by atoms with van der Waals surface area (Å²) < 4.78 is 0. The Morgan fingerprint density at radius 2 is 1.79 bits per heavy atom. The average molecular weight is 346 g/mol. The van der Waals surface area contributed by atoms with Crippen molar-refractivity contribution >= 4 is 17.0 Å². The molecule has 1 fully saturated rings. The van der Waals surface area contributed by atoms with Gasteiger partial charge in [0.25, 0.3) is 5.69 Å². The molecule has 0 unspecified atom stereocenters. The lowest BCUT2D eigenvalue weighted by Crippen LogP contribution is -2.30. The molecule has 0 atom stereocenters. The molecule has 128 valence electrons. The van der Waals surface area contributed by atoms with Crippen LogP contribution in [0.15, 0.2) is 29.6 Å². The van der Waals surface area contributed by atoms with E-state index in [2.05, 4.69) is 20.2 Å². The molecule has 0 aliphatic carbocycles. The summed E-state index contributed by atoms with van der Waals surface area (Å²) in [7, 11) is 0. The first-order chi connectivity index (χ1) is 11.6. The van der Waals surface area contributed by atoms with E-state index in [0.717, 1.165) is 56.3 Å². The second kappa shape index (κ2) is 7.83. The third-order valence-corrected chi connectivity index (χ3v) is 5.11. The van der Waals surface area contributed by atoms with Crippen molar-refractivity contribution in [2.75, 3.05) is 26.2 Å². The normalized spacial score (nSPS) is 16.9. The van der Waals surface area contributed by atoms with Crippen LogP contribution in [-0.2, 0) is 13.1 Å². The van der Waals surface area contributed by atoms with Gasteiger partial charge in [0.05, 0.1) is 15.6 Å². The molecule has 3 rings (SSSR count). The van der Waals surface area contributed by atoms with Gasteiger partial charge in [0.2, 0.25) is 0 Å². The zero-order chi connectivity index (χ0) is 16.9. The smallest absolute Gasteiger partial charge is 0.269 e. The molecule has 1 aromatic carbocycles. The third kappa shape index (κ3) is 4.59. The zero-order valence-electron chi connectivity index (χ0n) is 13.9. The number of rotatable bonds is 5. The van der Waals surface area contributed by atoms with Crippen molar-refractivity contribution in [3.63, 3.8) is 0 Å². The van der Waals surface area contributed by atoms with Gasteiger partial charge in [-0.1, -0.05) is 12.1 Å². The second-order valence-electron chi connectivity index (χ2n) is 6.19. The van der Waals surface area contributed by atoms with Gasteiger partial charge in [-0.3, -0.25) is 19.9 Å². The van der Waals surface area contributed by atoms with Crippen LogP contribution in [0.4, 0.5) is 5.69 Å². The molecule has 2 aromatic rings. The maximum Gasteiger partial charge on any atom is 0.269 e. The standard InChI is InChI=1S/C17H22N4O2S/c1-14-18-16(13-24-14)12-20-8-2-7-19(9-10-20)11-15-3-5-17(6-4-15)21(22)23/h3-6,13H,2,7-12H2,1H3. The summed E-state index contributed by atoms with van der Waals surface area (Å²) in [5.41, 5.74) is 2.45. The first-order valence-corrected chi connectivity index (χ1v) is 9.07. The van der Waals surface area contributed by atoms with Gasteiger partial charge in [-0.2, -0.15) is 0 Å². The highest BCUT2D eigenvalue weighted by molar-refractivity contribution is 7.09. The van der Waals surface area contributed by atoms with Crippen molar-refractivity contribution in [1.29, 1.82) is 0 Å². The Bertz CT molecular complexity index is 686. The van der Waals surface area contributed by atoms with Gasteiger partial charge in [-0.25, -0.2) is 4.98 Å². The van der Waals surface area contributed by atoms with Crippen LogP contribution >= 0.6 is 11.3 Å². The lowest BCUT2D eigenvalue weighted by molar-refractivity contribution is -0.384. The number of nitrogens with zero attached hydrogens (tertiary/aromatic N) is 4. The minimum absolute atomic E-state index is 0.152. The Balaban J connectivity index is 1.52. The van der Waals surface area contributed by atoms with E-state index in [0.29, 0.717) is 0 Å². The fraction of sp³-hybridized carbons (Fsp3) is 0.471. The Kier molecular flexibility index (Phi) is 5.55. The van der Waals surface area contributed by atoms with Gasteiger partial charge >= 0.3 is 0 Å². The van der Waals surface area contributed by atoms with E-state index in [1.165, 1.54) is 5.69 Å². The Morgan fingerprint density at radius 3 is 2.38 bits per heavy atom. The fourth-order valence-corrected chi connectivity index (χ4v) is 3.64. The van der Waals surface area contributed by atoms with Gasteiger partial charge < -0.3 is 0 Å². The predicted octanol–water partition coefficient (Wildman–Crippen LogP) is 3.07. The topological polar surface area (TPSA) is 62.5 Å². The summed E-state index contributed by atoms with van der Waals surface area (Å²) in [5, 5.41) is 14.0. The number of hydrogen-bond acceptors (Lipinski definition) is 6. The number of hydrogen-bond donors (Lipinski definition) is 0. The average Bonchev–Trinajstić information content (AvgIpc) is 2.84. The Morgan fingerprint density at radius 1 is 1.12 bits per heavy atom. The molecule has 24 heavy (non-hydrogen) atoms. The molecule has 0 spiro atoms. The molecule has 0 radical (unpaired) electrons. The Hall–Kier alpha value is -1.83. The van der Waals surface area contributed by atoms with Crippen LogP contribution in [0.2, 0.25) is 0 Å². The summed E-state index contributed by atoms with van der Waals surface area (Å²) in [6.07, 6.45) is 1.14. The molecule has 6 nitrogen and oxygen atoms in total. The first-order valence-electron chi connectivity index (χ1n) is 8.19. The van der Waals surface area contributed by atoms with Crippen LogP contribution in [0.5, 0.6) is 0 Å². The monoisotopic (exact) mass is 346 g/mol. The van der Waals surface area contributed by atoms with E-state index in [1.54, 1.807) is 23.5 Å². The molecule has 0 bridgehead atoms. The van der Waals surface area contributed by atoms with Gasteiger partial charge in [-0.15, -0.1) is 11.3 Å². The first kappa shape index (κ1) is 17.0. The van der Waals surface area contributed by atoms with Crippen LogP contribution in [0, 0.1) is 17.0 Å². The quantitative estimate of drug-likeness (QED) is 0.615. The van der Waals surface area contributed by atoms with Crippen molar-refractivity contribution in [1.82, 2.24) is 14.8 Å². The highest BCUT2D eigenvalue weighted by atomic mass is 32.1. The fourth-order valence-electron chi connectivity index (χ4n) is 3.03. The van der Waals surface area contributed by atoms with Crippen LogP contribution in [-0.4, -0.2) is 45.9 Å². The number of non-ortho nitro benzene ring substituents is 1. The number of nitro groups is 1. The van der Waals surface area contributed by atoms with E-state index in [-0.39, 0.29) is 10.6 Å². The lowest BCUT2D eigenvalue weighted by atomic mass is 10.2. The molecule has 0 N–H and O–H groups in total.